The number of unbranched alkanes of at least 4 members (excludes halogenated alkanes) is 3. The predicted octanol–water partition coefficient (Wildman–Crippen LogP) is 3.54. The maximum Gasteiger partial charge on any atom is 0.240 e. The van der Waals surface area contributed by atoms with Crippen molar-refractivity contribution in [2.45, 2.75) is 44.4 Å². The van der Waals surface area contributed by atoms with Gasteiger partial charge in [-0.2, -0.15) is 0 Å². The second-order valence-electron chi connectivity index (χ2n) is 4.77. The number of sulfonamides is 1. The van der Waals surface area contributed by atoms with Crippen molar-refractivity contribution in [1.29, 1.82) is 0 Å². The third-order valence-corrected chi connectivity index (χ3v) is 5.15. The van der Waals surface area contributed by atoms with Gasteiger partial charge in [0.1, 0.15) is 0 Å². The molecule has 0 amide bonds. The first-order valence-corrected chi connectivity index (χ1v) is 9.21. The molecule has 0 bridgehead atoms. The standard InChI is InChI=1S/C14H22BrNO2S/c1-12-7-8-14(13(2)11-12)19(17,18)16-10-6-4-3-5-9-15/h7-8,11,16H,3-6,9-10H2,1-2H3. The molecule has 1 aromatic rings. The lowest BCUT2D eigenvalue weighted by molar-refractivity contribution is 0.573. The largest absolute Gasteiger partial charge is 0.240 e. The van der Waals surface area contributed by atoms with Crippen molar-refractivity contribution < 1.29 is 8.42 Å². The Hall–Kier alpha value is -0.390. The summed E-state index contributed by atoms with van der Waals surface area (Å²) in [7, 11) is -3.36. The third kappa shape index (κ3) is 5.63. The summed E-state index contributed by atoms with van der Waals surface area (Å²) in [6, 6.07) is 5.40. The van der Waals surface area contributed by atoms with Crippen LogP contribution in [-0.2, 0) is 10.0 Å². The average Bonchev–Trinajstić information content (AvgIpc) is 2.33. The minimum atomic E-state index is -3.36. The van der Waals surface area contributed by atoms with E-state index in [0.29, 0.717) is 11.4 Å². The molecule has 3 nitrogen and oxygen atoms in total. The predicted molar refractivity (Wildman–Crippen MR) is 83.4 cm³/mol. The van der Waals surface area contributed by atoms with Gasteiger partial charge in [0.2, 0.25) is 10.0 Å². The summed E-state index contributed by atoms with van der Waals surface area (Å²) < 4.78 is 26.9. The fourth-order valence-electron chi connectivity index (χ4n) is 1.96. The van der Waals surface area contributed by atoms with Gasteiger partial charge in [-0.3, -0.25) is 0 Å². The van der Waals surface area contributed by atoms with E-state index in [1.807, 2.05) is 26.0 Å². The highest BCUT2D eigenvalue weighted by Gasteiger charge is 2.15. The molecule has 0 aromatic heterocycles. The number of alkyl halides is 1. The molecule has 0 aliphatic rings. The maximum atomic E-state index is 12.1. The number of nitrogens with one attached hydrogen (secondary N) is 1. The van der Waals surface area contributed by atoms with Crippen LogP contribution in [0.4, 0.5) is 0 Å². The molecule has 19 heavy (non-hydrogen) atoms. The lowest BCUT2D eigenvalue weighted by Gasteiger charge is -2.09. The van der Waals surface area contributed by atoms with Gasteiger partial charge >= 0.3 is 0 Å². The number of hydrogen-bond donors (Lipinski definition) is 1. The molecule has 1 rings (SSSR count). The van der Waals surface area contributed by atoms with Crippen molar-refractivity contribution in [2.24, 2.45) is 0 Å². The Morgan fingerprint density at radius 1 is 1.11 bits per heavy atom. The zero-order chi connectivity index (χ0) is 14.3. The van der Waals surface area contributed by atoms with E-state index in [1.54, 1.807) is 6.07 Å². The van der Waals surface area contributed by atoms with Crippen molar-refractivity contribution in [3.05, 3.63) is 29.3 Å². The average molecular weight is 348 g/mol. The van der Waals surface area contributed by atoms with Crippen molar-refractivity contribution in [2.75, 3.05) is 11.9 Å². The van der Waals surface area contributed by atoms with Gasteiger partial charge in [0.05, 0.1) is 4.90 Å². The molecule has 0 atom stereocenters. The summed E-state index contributed by atoms with van der Waals surface area (Å²) in [6.07, 6.45) is 4.22. The van der Waals surface area contributed by atoms with E-state index in [2.05, 4.69) is 20.7 Å². The monoisotopic (exact) mass is 347 g/mol. The van der Waals surface area contributed by atoms with Crippen LogP contribution in [0.2, 0.25) is 0 Å². The van der Waals surface area contributed by atoms with Gasteiger partial charge in [-0.1, -0.05) is 46.5 Å². The topological polar surface area (TPSA) is 46.2 Å². The molecule has 0 aliphatic carbocycles. The summed E-state index contributed by atoms with van der Waals surface area (Å²) >= 11 is 3.38. The minimum absolute atomic E-state index is 0.388. The fourth-order valence-corrected chi connectivity index (χ4v) is 3.65. The SMILES string of the molecule is Cc1ccc(S(=O)(=O)NCCCCCCBr)c(C)c1. The van der Waals surface area contributed by atoms with E-state index in [4.69, 9.17) is 0 Å². The Morgan fingerprint density at radius 2 is 1.79 bits per heavy atom. The van der Waals surface area contributed by atoms with Crippen LogP contribution in [0.5, 0.6) is 0 Å². The summed E-state index contributed by atoms with van der Waals surface area (Å²) in [5.74, 6) is 0. The van der Waals surface area contributed by atoms with Crippen LogP contribution in [0.15, 0.2) is 23.1 Å². The number of rotatable bonds is 8. The highest BCUT2D eigenvalue weighted by atomic mass is 79.9. The Balaban J connectivity index is 2.52. The molecule has 5 heteroatoms. The number of benzene rings is 1. The first kappa shape index (κ1) is 16.7. The Labute approximate surface area is 125 Å². The molecular formula is C14H22BrNO2S. The normalized spacial score (nSPS) is 11.7. The molecule has 0 saturated heterocycles. The highest BCUT2D eigenvalue weighted by molar-refractivity contribution is 9.09. The molecule has 1 N–H and O–H groups in total. The van der Waals surface area contributed by atoms with Gasteiger partial charge in [-0.05, 0) is 38.3 Å². The second-order valence-corrected chi connectivity index (χ2v) is 7.30. The quantitative estimate of drug-likeness (QED) is 0.577. The first-order chi connectivity index (χ1) is 8.97. The molecule has 0 heterocycles. The van der Waals surface area contributed by atoms with Crippen LogP contribution in [0.3, 0.4) is 0 Å². The smallest absolute Gasteiger partial charge is 0.211 e. The van der Waals surface area contributed by atoms with Crippen molar-refractivity contribution >= 4 is 26.0 Å². The van der Waals surface area contributed by atoms with E-state index < -0.39 is 10.0 Å². The van der Waals surface area contributed by atoms with E-state index in [9.17, 15) is 8.42 Å². The third-order valence-electron chi connectivity index (χ3n) is 2.97. The van der Waals surface area contributed by atoms with E-state index in [0.717, 1.165) is 42.1 Å². The maximum absolute atomic E-state index is 12.1. The minimum Gasteiger partial charge on any atom is -0.211 e. The van der Waals surface area contributed by atoms with Gasteiger partial charge in [0, 0.05) is 11.9 Å². The van der Waals surface area contributed by atoms with Gasteiger partial charge in [0.15, 0.2) is 0 Å². The van der Waals surface area contributed by atoms with E-state index >= 15 is 0 Å². The zero-order valence-corrected chi connectivity index (χ0v) is 14.0. The molecule has 0 radical (unpaired) electrons. The number of aryl methyl sites for hydroxylation is 2. The van der Waals surface area contributed by atoms with Gasteiger partial charge in [-0.25, -0.2) is 13.1 Å². The van der Waals surface area contributed by atoms with Gasteiger partial charge in [-0.15, -0.1) is 0 Å². The van der Waals surface area contributed by atoms with Crippen molar-refractivity contribution in [3.63, 3.8) is 0 Å². The number of halogens is 1. The van der Waals surface area contributed by atoms with Crippen molar-refractivity contribution in [1.82, 2.24) is 4.72 Å². The van der Waals surface area contributed by atoms with Gasteiger partial charge in [0.25, 0.3) is 0 Å². The fraction of sp³-hybridized carbons (Fsp3) is 0.571. The zero-order valence-electron chi connectivity index (χ0n) is 11.6. The molecule has 0 saturated carbocycles. The van der Waals surface area contributed by atoms with Gasteiger partial charge < -0.3 is 0 Å². The Bertz CT molecular complexity index is 500. The molecule has 1 aromatic carbocycles. The summed E-state index contributed by atoms with van der Waals surface area (Å²) in [5.41, 5.74) is 1.87. The van der Waals surface area contributed by atoms with Crippen LogP contribution in [0.1, 0.15) is 36.8 Å². The number of hydrogen-bond acceptors (Lipinski definition) is 2. The summed E-state index contributed by atoms with van der Waals surface area (Å²) in [6.45, 7) is 4.30. The molecule has 0 fully saturated rings. The Morgan fingerprint density at radius 3 is 2.42 bits per heavy atom. The lowest BCUT2D eigenvalue weighted by atomic mass is 10.2. The first-order valence-electron chi connectivity index (χ1n) is 6.60. The molecule has 0 aliphatic heterocycles. The van der Waals surface area contributed by atoms with Crippen LogP contribution >= 0.6 is 15.9 Å². The van der Waals surface area contributed by atoms with Crippen LogP contribution in [0, 0.1) is 13.8 Å². The molecular weight excluding hydrogens is 326 g/mol. The van der Waals surface area contributed by atoms with Crippen LogP contribution in [-0.4, -0.2) is 20.3 Å². The lowest BCUT2D eigenvalue weighted by Crippen LogP contribution is -2.25. The van der Waals surface area contributed by atoms with Crippen LogP contribution < -0.4 is 4.72 Å². The molecule has 0 spiro atoms. The van der Waals surface area contributed by atoms with E-state index in [1.165, 1.54) is 0 Å². The Kier molecular flexibility index (Phi) is 7.04. The second kappa shape index (κ2) is 8.02. The van der Waals surface area contributed by atoms with Crippen molar-refractivity contribution in [3.8, 4) is 0 Å². The highest BCUT2D eigenvalue weighted by Crippen LogP contribution is 2.16. The van der Waals surface area contributed by atoms with E-state index in [-0.39, 0.29) is 0 Å². The molecule has 0 unspecified atom stereocenters. The van der Waals surface area contributed by atoms with Crippen LogP contribution in [0.25, 0.3) is 0 Å². The molecule has 108 valence electrons. The summed E-state index contributed by atoms with van der Waals surface area (Å²) in [4.78, 5) is 0.388. The summed E-state index contributed by atoms with van der Waals surface area (Å²) in [5, 5.41) is 1.02.